The standard InChI is InChI=1S/C12H10ClN3S/c1-8-15-16-12(17-8)11-5-4-10(13)7-9(11)3-2-6-14/h4-5,7H,2-3H2,1H3. The lowest BCUT2D eigenvalue weighted by molar-refractivity contribution is 1.00. The summed E-state index contributed by atoms with van der Waals surface area (Å²) in [5.74, 6) is 0. The van der Waals surface area contributed by atoms with Crippen molar-refractivity contribution in [2.24, 2.45) is 0 Å². The molecule has 1 aromatic heterocycles. The van der Waals surface area contributed by atoms with E-state index in [0.29, 0.717) is 17.9 Å². The van der Waals surface area contributed by atoms with Gasteiger partial charge in [-0.15, -0.1) is 10.2 Å². The molecule has 86 valence electrons. The maximum atomic E-state index is 8.65. The number of halogens is 1. The van der Waals surface area contributed by atoms with Crippen LogP contribution in [0, 0.1) is 18.3 Å². The maximum Gasteiger partial charge on any atom is 0.148 e. The second-order valence-electron chi connectivity index (χ2n) is 3.59. The summed E-state index contributed by atoms with van der Waals surface area (Å²) in [6, 6.07) is 7.81. The van der Waals surface area contributed by atoms with E-state index in [4.69, 9.17) is 16.9 Å². The molecule has 0 unspecified atom stereocenters. The van der Waals surface area contributed by atoms with Crippen molar-refractivity contribution < 1.29 is 0 Å². The molecule has 2 rings (SSSR count). The quantitative estimate of drug-likeness (QED) is 0.850. The van der Waals surface area contributed by atoms with Gasteiger partial charge in [0.25, 0.3) is 0 Å². The van der Waals surface area contributed by atoms with E-state index in [-0.39, 0.29) is 0 Å². The molecule has 0 aliphatic carbocycles. The van der Waals surface area contributed by atoms with Crippen molar-refractivity contribution in [3.63, 3.8) is 0 Å². The van der Waals surface area contributed by atoms with E-state index in [9.17, 15) is 0 Å². The Kier molecular flexibility index (Phi) is 3.72. The van der Waals surface area contributed by atoms with Gasteiger partial charge in [-0.2, -0.15) is 5.26 Å². The zero-order chi connectivity index (χ0) is 12.3. The average molecular weight is 264 g/mol. The van der Waals surface area contributed by atoms with Gasteiger partial charge in [0.15, 0.2) is 0 Å². The van der Waals surface area contributed by atoms with Crippen LogP contribution in [0.1, 0.15) is 17.0 Å². The van der Waals surface area contributed by atoms with Crippen molar-refractivity contribution in [1.29, 1.82) is 5.26 Å². The first-order chi connectivity index (χ1) is 8.20. The predicted octanol–water partition coefficient (Wildman–Crippen LogP) is 3.62. The number of nitriles is 1. The van der Waals surface area contributed by atoms with Gasteiger partial charge >= 0.3 is 0 Å². The number of hydrogen-bond donors (Lipinski definition) is 0. The van der Waals surface area contributed by atoms with E-state index < -0.39 is 0 Å². The van der Waals surface area contributed by atoms with Crippen molar-refractivity contribution >= 4 is 22.9 Å². The van der Waals surface area contributed by atoms with Crippen LogP contribution in [-0.4, -0.2) is 10.2 Å². The van der Waals surface area contributed by atoms with Crippen LogP contribution in [0.4, 0.5) is 0 Å². The molecule has 0 radical (unpaired) electrons. The minimum Gasteiger partial charge on any atom is -0.198 e. The van der Waals surface area contributed by atoms with Gasteiger partial charge in [0.2, 0.25) is 0 Å². The van der Waals surface area contributed by atoms with Crippen molar-refractivity contribution in [2.45, 2.75) is 19.8 Å². The highest BCUT2D eigenvalue weighted by Gasteiger charge is 2.10. The van der Waals surface area contributed by atoms with E-state index in [2.05, 4.69) is 16.3 Å². The van der Waals surface area contributed by atoms with Gasteiger partial charge in [0.05, 0.1) is 6.07 Å². The first kappa shape index (κ1) is 12.0. The first-order valence-corrected chi connectivity index (χ1v) is 6.36. The third-order valence-corrected chi connectivity index (χ3v) is 3.44. The molecule has 0 saturated heterocycles. The molecule has 0 bridgehead atoms. The van der Waals surface area contributed by atoms with Gasteiger partial charge < -0.3 is 0 Å². The lowest BCUT2D eigenvalue weighted by Gasteiger charge is -2.05. The SMILES string of the molecule is Cc1nnc(-c2ccc(Cl)cc2CCC#N)s1. The second-order valence-corrected chi connectivity index (χ2v) is 5.20. The smallest absolute Gasteiger partial charge is 0.148 e. The zero-order valence-corrected chi connectivity index (χ0v) is 10.8. The van der Waals surface area contributed by atoms with Gasteiger partial charge in [-0.1, -0.05) is 29.0 Å². The Bertz CT molecular complexity index is 571. The number of rotatable bonds is 3. The van der Waals surface area contributed by atoms with Crippen LogP contribution in [-0.2, 0) is 6.42 Å². The number of benzene rings is 1. The summed E-state index contributed by atoms with van der Waals surface area (Å²) < 4.78 is 0. The summed E-state index contributed by atoms with van der Waals surface area (Å²) in [7, 11) is 0. The molecule has 17 heavy (non-hydrogen) atoms. The third kappa shape index (κ3) is 2.82. The Morgan fingerprint density at radius 2 is 2.24 bits per heavy atom. The van der Waals surface area contributed by atoms with E-state index in [1.807, 2.05) is 25.1 Å². The monoisotopic (exact) mass is 263 g/mol. The Morgan fingerprint density at radius 1 is 1.41 bits per heavy atom. The average Bonchev–Trinajstić information content (AvgIpc) is 2.73. The Morgan fingerprint density at radius 3 is 2.88 bits per heavy atom. The minimum absolute atomic E-state index is 0.477. The number of aromatic nitrogens is 2. The van der Waals surface area contributed by atoms with Crippen LogP contribution < -0.4 is 0 Å². The zero-order valence-electron chi connectivity index (χ0n) is 9.27. The summed E-state index contributed by atoms with van der Waals surface area (Å²) in [5, 5.41) is 19.3. The number of aryl methyl sites for hydroxylation is 2. The molecule has 5 heteroatoms. The molecule has 0 N–H and O–H groups in total. The van der Waals surface area contributed by atoms with Crippen LogP contribution in [0.3, 0.4) is 0 Å². The fourth-order valence-corrected chi connectivity index (χ4v) is 2.52. The summed E-state index contributed by atoms with van der Waals surface area (Å²) in [6.07, 6.45) is 1.16. The lowest BCUT2D eigenvalue weighted by Crippen LogP contribution is -1.89. The maximum absolute atomic E-state index is 8.65. The van der Waals surface area contributed by atoms with Crippen LogP contribution in [0.25, 0.3) is 10.6 Å². The number of nitrogens with zero attached hydrogens (tertiary/aromatic N) is 3. The van der Waals surface area contributed by atoms with Crippen LogP contribution in [0.2, 0.25) is 5.02 Å². The van der Waals surface area contributed by atoms with Gasteiger partial charge in [-0.05, 0) is 31.0 Å². The number of hydrogen-bond acceptors (Lipinski definition) is 4. The Hall–Kier alpha value is -1.44. The summed E-state index contributed by atoms with van der Waals surface area (Å²) >= 11 is 7.52. The van der Waals surface area contributed by atoms with Gasteiger partial charge in [-0.25, -0.2) is 0 Å². The van der Waals surface area contributed by atoms with Gasteiger partial charge in [0, 0.05) is 17.0 Å². The van der Waals surface area contributed by atoms with Crippen LogP contribution >= 0.6 is 22.9 Å². The molecular weight excluding hydrogens is 254 g/mol. The Labute approximate surface area is 109 Å². The first-order valence-electron chi connectivity index (χ1n) is 5.16. The molecule has 0 saturated carbocycles. The molecule has 0 atom stereocenters. The molecule has 0 aliphatic heterocycles. The molecular formula is C12H10ClN3S. The molecule has 0 amide bonds. The topological polar surface area (TPSA) is 49.6 Å². The largest absolute Gasteiger partial charge is 0.198 e. The molecule has 1 heterocycles. The van der Waals surface area contributed by atoms with Crippen molar-refractivity contribution in [2.75, 3.05) is 0 Å². The highest BCUT2D eigenvalue weighted by molar-refractivity contribution is 7.14. The third-order valence-electron chi connectivity index (χ3n) is 2.33. The second kappa shape index (κ2) is 5.26. The molecule has 1 aromatic carbocycles. The lowest BCUT2D eigenvalue weighted by atomic mass is 10.0. The predicted molar refractivity (Wildman–Crippen MR) is 69.0 cm³/mol. The highest BCUT2D eigenvalue weighted by Crippen LogP contribution is 2.29. The summed E-state index contributed by atoms with van der Waals surface area (Å²) in [5.41, 5.74) is 2.07. The molecule has 0 fully saturated rings. The molecule has 3 nitrogen and oxygen atoms in total. The van der Waals surface area contributed by atoms with Crippen LogP contribution in [0.5, 0.6) is 0 Å². The van der Waals surface area contributed by atoms with Crippen molar-refractivity contribution in [3.05, 3.63) is 33.8 Å². The van der Waals surface area contributed by atoms with E-state index in [1.165, 1.54) is 0 Å². The molecule has 0 spiro atoms. The highest BCUT2D eigenvalue weighted by atomic mass is 35.5. The van der Waals surface area contributed by atoms with E-state index in [0.717, 1.165) is 21.1 Å². The molecule has 2 aromatic rings. The van der Waals surface area contributed by atoms with E-state index in [1.54, 1.807) is 11.3 Å². The van der Waals surface area contributed by atoms with Crippen LogP contribution in [0.15, 0.2) is 18.2 Å². The molecule has 0 aliphatic rings. The fourth-order valence-electron chi connectivity index (χ4n) is 1.57. The fraction of sp³-hybridized carbons (Fsp3) is 0.250. The van der Waals surface area contributed by atoms with Gasteiger partial charge in [-0.3, -0.25) is 0 Å². The Balaban J connectivity index is 2.42. The summed E-state index contributed by atoms with van der Waals surface area (Å²) in [6.45, 7) is 1.92. The van der Waals surface area contributed by atoms with E-state index >= 15 is 0 Å². The minimum atomic E-state index is 0.477. The van der Waals surface area contributed by atoms with Crippen molar-refractivity contribution in [1.82, 2.24) is 10.2 Å². The normalized spacial score (nSPS) is 10.2. The van der Waals surface area contributed by atoms with Crippen molar-refractivity contribution in [3.8, 4) is 16.6 Å². The van der Waals surface area contributed by atoms with Gasteiger partial charge in [0.1, 0.15) is 10.0 Å². The summed E-state index contributed by atoms with van der Waals surface area (Å²) in [4.78, 5) is 0.